The minimum atomic E-state index is -0.246. The lowest BCUT2D eigenvalue weighted by Gasteiger charge is -2.06. The van der Waals surface area contributed by atoms with Crippen LogP contribution in [0.1, 0.15) is 0 Å². The molecule has 0 spiro atoms. The van der Waals surface area contributed by atoms with Gasteiger partial charge in [-0.1, -0.05) is 28.1 Å². The van der Waals surface area contributed by atoms with Crippen molar-refractivity contribution in [2.45, 2.75) is 0 Å². The summed E-state index contributed by atoms with van der Waals surface area (Å²) in [7, 11) is 0. The second kappa shape index (κ2) is 4.60. The van der Waals surface area contributed by atoms with Crippen LogP contribution in [0.25, 0.3) is 22.0 Å². The average Bonchev–Trinajstić information content (AvgIpc) is 2.95. The van der Waals surface area contributed by atoms with Gasteiger partial charge in [0.2, 0.25) is 6.79 Å². The minimum Gasteiger partial charge on any atom is -0.454 e. The third kappa shape index (κ3) is 1.99. The van der Waals surface area contributed by atoms with Gasteiger partial charge in [-0.15, -0.1) is 0 Å². The van der Waals surface area contributed by atoms with Crippen molar-refractivity contribution in [1.29, 1.82) is 0 Å². The van der Waals surface area contributed by atoms with Gasteiger partial charge in [-0.3, -0.25) is 4.79 Å². The second-order valence-electron chi connectivity index (χ2n) is 4.66. The van der Waals surface area contributed by atoms with Gasteiger partial charge in [0.05, 0.1) is 11.1 Å². The number of rotatable bonds is 1. The van der Waals surface area contributed by atoms with Crippen molar-refractivity contribution in [1.82, 2.24) is 10.2 Å². The predicted octanol–water partition coefficient (Wildman–Crippen LogP) is 3.08. The van der Waals surface area contributed by atoms with E-state index in [1.54, 1.807) is 12.1 Å². The quantitative estimate of drug-likeness (QED) is 0.736. The third-order valence-electron chi connectivity index (χ3n) is 3.40. The number of hydrogen-bond acceptors (Lipinski definition) is 4. The molecule has 0 aliphatic carbocycles. The number of nitrogens with zero attached hydrogens (tertiary/aromatic N) is 1. The molecule has 4 rings (SSSR count). The van der Waals surface area contributed by atoms with Gasteiger partial charge in [0.15, 0.2) is 11.5 Å². The smallest absolute Gasteiger partial charge is 0.272 e. The molecule has 0 fully saturated rings. The van der Waals surface area contributed by atoms with Crippen molar-refractivity contribution in [3.63, 3.8) is 0 Å². The molecule has 0 atom stereocenters. The van der Waals surface area contributed by atoms with Crippen molar-refractivity contribution in [3.05, 3.63) is 51.2 Å². The van der Waals surface area contributed by atoms with E-state index >= 15 is 0 Å². The van der Waals surface area contributed by atoms with Crippen LogP contribution in [0, 0.1) is 0 Å². The molecule has 2 aromatic carbocycles. The molecule has 21 heavy (non-hydrogen) atoms. The second-order valence-corrected chi connectivity index (χ2v) is 5.57. The molecule has 0 amide bonds. The van der Waals surface area contributed by atoms with Crippen molar-refractivity contribution >= 4 is 26.7 Å². The van der Waals surface area contributed by atoms with Gasteiger partial charge < -0.3 is 9.47 Å². The Bertz CT molecular complexity index is 903. The fourth-order valence-corrected chi connectivity index (χ4v) is 2.65. The summed E-state index contributed by atoms with van der Waals surface area (Å²) in [4.78, 5) is 12.0. The lowest BCUT2D eigenvalue weighted by molar-refractivity contribution is 0.174. The third-order valence-corrected chi connectivity index (χ3v) is 3.93. The van der Waals surface area contributed by atoms with Crippen molar-refractivity contribution < 1.29 is 9.47 Å². The molecule has 6 heteroatoms. The molecule has 3 aromatic rings. The highest BCUT2D eigenvalue weighted by Crippen LogP contribution is 2.37. The summed E-state index contributed by atoms with van der Waals surface area (Å²) < 4.78 is 11.7. The van der Waals surface area contributed by atoms with Gasteiger partial charge in [-0.25, -0.2) is 5.10 Å². The Morgan fingerprint density at radius 1 is 1.05 bits per heavy atom. The Balaban J connectivity index is 2.04. The minimum absolute atomic E-state index is 0.171. The van der Waals surface area contributed by atoms with E-state index in [0.29, 0.717) is 22.6 Å². The Kier molecular flexibility index (Phi) is 2.71. The Morgan fingerprint density at radius 2 is 1.71 bits per heavy atom. The monoisotopic (exact) mass is 344 g/mol. The molecule has 0 saturated carbocycles. The van der Waals surface area contributed by atoms with Crippen LogP contribution in [0.4, 0.5) is 0 Å². The van der Waals surface area contributed by atoms with Gasteiger partial charge in [0.1, 0.15) is 0 Å². The van der Waals surface area contributed by atoms with E-state index in [9.17, 15) is 4.79 Å². The first kappa shape index (κ1) is 12.4. The van der Waals surface area contributed by atoms with E-state index in [1.165, 1.54) is 0 Å². The Labute approximate surface area is 127 Å². The van der Waals surface area contributed by atoms with Crippen LogP contribution in [0.2, 0.25) is 0 Å². The number of aromatic nitrogens is 2. The van der Waals surface area contributed by atoms with Crippen molar-refractivity contribution in [3.8, 4) is 22.8 Å². The highest BCUT2D eigenvalue weighted by Gasteiger charge is 2.18. The molecule has 0 saturated heterocycles. The summed E-state index contributed by atoms with van der Waals surface area (Å²) in [6.45, 7) is 0.171. The van der Waals surface area contributed by atoms with E-state index in [-0.39, 0.29) is 12.4 Å². The number of nitrogens with one attached hydrogen (secondary N) is 1. The van der Waals surface area contributed by atoms with E-state index < -0.39 is 0 Å². The van der Waals surface area contributed by atoms with E-state index in [0.717, 1.165) is 15.4 Å². The van der Waals surface area contributed by atoms with Gasteiger partial charge in [0, 0.05) is 15.4 Å². The number of halogens is 1. The molecule has 2 heterocycles. The summed E-state index contributed by atoms with van der Waals surface area (Å²) in [5.41, 5.74) is 1.37. The first-order valence-corrected chi connectivity index (χ1v) is 7.09. The van der Waals surface area contributed by atoms with E-state index in [1.807, 2.05) is 24.3 Å². The molecule has 0 radical (unpaired) electrons. The Morgan fingerprint density at radius 3 is 2.43 bits per heavy atom. The van der Waals surface area contributed by atoms with Gasteiger partial charge in [-0.05, 0) is 24.3 Å². The molecular weight excluding hydrogens is 336 g/mol. The van der Waals surface area contributed by atoms with E-state index in [4.69, 9.17) is 9.47 Å². The SMILES string of the molecule is O=c1[nH]nc(-c2ccc(Br)cc2)c2cc3c(cc12)OCO3. The largest absolute Gasteiger partial charge is 0.454 e. The Hall–Kier alpha value is -2.34. The fraction of sp³-hybridized carbons (Fsp3) is 0.0667. The summed E-state index contributed by atoms with van der Waals surface area (Å²) >= 11 is 3.41. The van der Waals surface area contributed by atoms with Crippen LogP contribution in [0.15, 0.2) is 45.7 Å². The zero-order valence-electron chi connectivity index (χ0n) is 10.7. The van der Waals surface area contributed by atoms with Crippen LogP contribution >= 0.6 is 15.9 Å². The van der Waals surface area contributed by atoms with Crippen molar-refractivity contribution in [2.75, 3.05) is 6.79 Å². The topological polar surface area (TPSA) is 64.2 Å². The molecule has 1 aliphatic rings. The molecule has 0 bridgehead atoms. The molecule has 1 N–H and O–H groups in total. The first-order valence-electron chi connectivity index (χ1n) is 6.30. The maximum Gasteiger partial charge on any atom is 0.272 e. The average molecular weight is 345 g/mol. The fourth-order valence-electron chi connectivity index (χ4n) is 2.38. The number of benzene rings is 2. The predicted molar refractivity (Wildman–Crippen MR) is 81.6 cm³/mol. The zero-order valence-corrected chi connectivity index (χ0v) is 12.3. The normalized spacial score (nSPS) is 12.8. The molecular formula is C15H9BrN2O3. The lowest BCUT2D eigenvalue weighted by atomic mass is 10.0. The van der Waals surface area contributed by atoms with Crippen molar-refractivity contribution in [2.24, 2.45) is 0 Å². The van der Waals surface area contributed by atoms with Gasteiger partial charge in [-0.2, -0.15) is 5.10 Å². The number of hydrogen-bond donors (Lipinski definition) is 1. The van der Waals surface area contributed by atoms with Gasteiger partial charge >= 0.3 is 0 Å². The number of aromatic amines is 1. The molecule has 5 nitrogen and oxygen atoms in total. The highest BCUT2D eigenvalue weighted by molar-refractivity contribution is 9.10. The van der Waals surface area contributed by atoms with Crippen LogP contribution < -0.4 is 15.0 Å². The van der Waals surface area contributed by atoms with E-state index in [2.05, 4.69) is 26.1 Å². The zero-order chi connectivity index (χ0) is 14.4. The van der Waals surface area contributed by atoms with Crippen LogP contribution in [-0.4, -0.2) is 17.0 Å². The molecule has 1 aromatic heterocycles. The molecule has 1 aliphatic heterocycles. The summed E-state index contributed by atoms with van der Waals surface area (Å²) in [6.07, 6.45) is 0. The summed E-state index contributed by atoms with van der Waals surface area (Å²) in [6, 6.07) is 11.2. The van der Waals surface area contributed by atoms with Gasteiger partial charge in [0.25, 0.3) is 5.56 Å². The summed E-state index contributed by atoms with van der Waals surface area (Å²) in [5.74, 6) is 1.22. The number of ether oxygens (including phenoxy) is 2. The maximum atomic E-state index is 12.0. The highest BCUT2D eigenvalue weighted by atomic mass is 79.9. The van der Waals surface area contributed by atoms with Crippen LogP contribution in [0.3, 0.4) is 0 Å². The number of H-pyrrole nitrogens is 1. The van der Waals surface area contributed by atoms with Crippen LogP contribution in [-0.2, 0) is 0 Å². The maximum absolute atomic E-state index is 12.0. The number of fused-ring (bicyclic) bond motifs is 2. The lowest BCUT2D eigenvalue weighted by Crippen LogP contribution is -2.09. The summed E-state index contributed by atoms with van der Waals surface area (Å²) in [5, 5.41) is 7.99. The first-order chi connectivity index (χ1) is 10.2. The molecule has 0 unspecified atom stereocenters. The van der Waals surface area contributed by atoms with Crippen LogP contribution in [0.5, 0.6) is 11.5 Å². The molecule has 104 valence electrons. The standard InChI is InChI=1S/C15H9BrN2O3/c16-9-3-1-8(2-4-9)14-10-5-12-13(21-7-20-12)6-11(10)15(19)18-17-14/h1-6H,7H2,(H,18,19).